The summed E-state index contributed by atoms with van der Waals surface area (Å²) in [4.78, 5) is 12.1. The van der Waals surface area contributed by atoms with Gasteiger partial charge in [-0.15, -0.1) is 10.2 Å². The maximum atomic E-state index is 12.1. The fraction of sp³-hybridized carbons (Fsp3) is 0.357. The topological polar surface area (TPSA) is 110 Å². The van der Waals surface area contributed by atoms with E-state index in [2.05, 4.69) is 36.2 Å². The fourth-order valence-electron chi connectivity index (χ4n) is 1.71. The van der Waals surface area contributed by atoms with Gasteiger partial charge in [-0.05, 0) is 24.3 Å². The summed E-state index contributed by atoms with van der Waals surface area (Å²) in [6.45, 7) is 0.586. The van der Waals surface area contributed by atoms with E-state index in [0.29, 0.717) is 11.7 Å². The molecular weight excluding hydrogens is 464 g/mol. The first-order valence-electron chi connectivity index (χ1n) is 7.41. The smallest absolute Gasteiger partial charge is 0.240 e. The minimum absolute atomic E-state index is 0.0124. The number of sulfonamides is 1. The predicted molar refractivity (Wildman–Crippen MR) is 105 cm³/mol. The van der Waals surface area contributed by atoms with Gasteiger partial charge in [-0.1, -0.05) is 39.0 Å². The molecule has 0 aliphatic heterocycles. The number of anilines is 1. The molecule has 0 aliphatic carbocycles. The van der Waals surface area contributed by atoms with E-state index in [1.165, 1.54) is 35.2 Å². The van der Waals surface area contributed by atoms with Crippen molar-refractivity contribution in [2.24, 2.45) is 0 Å². The summed E-state index contributed by atoms with van der Waals surface area (Å²) < 4.78 is 33.1. The van der Waals surface area contributed by atoms with Gasteiger partial charge >= 0.3 is 0 Å². The van der Waals surface area contributed by atoms with E-state index in [9.17, 15) is 13.2 Å². The Balaban J connectivity index is 1.77. The van der Waals surface area contributed by atoms with Crippen molar-refractivity contribution in [3.8, 4) is 0 Å². The number of hydrogen-bond donors (Lipinski definition) is 2. The number of methoxy groups -OCH3 is 1. The number of carbonyl (C=O) groups excluding carboxylic acids is 1. The van der Waals surface area contributed by atoms with E-state index >= 15 is 0 Å². The molecule has 1 amide bonds. The highest BCUT2D eigenvalue weighted by molar-refractivity contribution is 9.10. The summed E-state index contributed by atoms with van der Waals surface area (Å²) >= 11 is 5.99. The highest BCUT2D eigenvalue weighted by atomic mass is 79.9. The molecule has 2 N–H and O–H groups in total. The van der Waals surface area contributed by atoms with Crippen LogP contribution in [-0.4, -0.2) is 50.5 Å². The third-order valence-electron chi connectivity index (χ3n) is 2.93. The number of nitrogens with one attached hydrogen (secondary N) is 2. The van der Waals surface area contributed by atoms with Crippen molar-refractivity contribution in [3.05, 3.63) is 28.7 Å². The lowest BCUT2D eigenvalue weighted by Crippen LogP contribution is -2.27. The lowest BCUT2D eigenvalue weighted by molar-refractivity contribution is -0.116. The molecule has 0 spiro atoms. The Morgan fingerprint density at radius 1 is 1.31 bits per heavy atom. The van der Waals surface area contributed by atoms with E-state index in [1.807, 2.05) is 0 Å². The zero-order valence-corrected chi connectivity index (χ0v) is 17.8. The molecule has 0 fully saturated rings. The molecule has 2 rings (SSSR count). The lowest BCUT2D eigenvalue weighted by atomic mass is 10.4. The Hall–Kier alpha value is -1.05. The average molecular weight is 481 g/mol. The van der Waals surface area contributed by atoms with Crippen LogP contribution >= 0.6 is 39.0 Å². The van der Waals surface area contributed by atoms with Crippen LogP contribution in [0.4, 0.5) is 5.13 Å². The number of nitrogens with zero attached hydrogens (tertiary/aromatic N) is 2. The molecule has 2 aromatic rings. The Morgan fingerprint density at radius 3 is 2.73 bits per heavy atom. The molecule has 0 saturated carbocycles. The van der Waals surface area contributed by atoms with Gasteiger partial charge in [0.15, 0.2) is 4.34 Å². The number of ether oxygens (including phenoxy) is 1. The highest BCUT2D eigenvalue weighted by Gasteiger charge is 2.14. The predicted octanol–water partition coefficient (Wildman–Crippen LogP) is 2.35. The number of halogens is 1. The van der Waals surface area contributed by atoms with Crippen LogP contribution in [-0.2, 0) is 19.6 Å². The third-order valence-corrected chi connectivity index (χ3v) is 6.88. The van der Waals surface area contributed by atoms with Crippen molar-refractivity contribution >= 4 is 60.1 Å². The summed E-state index contributed by atoms with van der Waals surface area (Å²) in [7, 11) is -2.02. The quantitative estimate of drug-likeness (QED) is 0.305. The second-order valence-corrected chi connectivity index (χ2v) is 9.87. The Morgan fingerprint density at radius 2 is 2.04 bits per heavy atom. The molecule has 1 aromatic carbocycles. The van der Waals surface area contributed by atoms with Gasteiger partial charge < -0.3 is 10.1 Å². The van der Waals surface area contributed by atoms with Gasteiger partial charge in [0, 0.05) is 30.3 Å². The van der Waals surface area contributed by atoms with E-state index < -0.39 is 10.0 Å². The molecule has 1 heterocycles. The summed E-state index contributed by atoms with van der Waals surface area (Å²) in [6, 6.07) is 6.24. The van der Waals surface area contributed by atoms with E-state index in [-0.39, 0.29) is 23.8 Å². The highest BCUT2D eigenvalue weighted by Crippen LogP contribution is 2.25. The molecule has 0 radical (unpaired) electrons. The monoisotopic (exact) mass is 480 g/mol. The van der Waals surface area contributed by atoms with Crippen LogP contribution < -0.4 is 10.0 Å². The second kappa shape index (κ2) is 10.3. The molecule has 12 heteroatoms. The average Bonchev–Trinajstić information content (AvgIpc) is 3.02. The van der Waals surface area contributed by atoms with Gasteiger partial charge in [-0.25, -0.2) is 13.1 Å². The van der Waals surface area contributed by atoms with Crippen molar-refractivity contribution in [1.82, 2.24) is 14.9 Å². The fourth-order valence-corrected chi connectivity index (χ4v) is 4.74. The van der Waals surface area contributed by atoms with Crippen molar-refractivity contribution in [3.63, 3.8) is 0 Å². The van der Waals surface area contributed by atoms with E-state index in [0.717, 1.165) is 14.6 Å². The number of hydrogen-bond acceptors (Lipinski definition) is 8. The maximum absolute atomic E-state index is 12.1. The first-order valence-corrected chi connectivity index (χ1v) is 11.5. The molecule has 0 bridgehead atoms. The maximum Gasteiger partial charge on any atom is 0.240 e. The Labute approximate surface area is 168 Å². The van der Waals surface area contributed by atoms with Crippen LogP contribution in [0.15, 0.2) is 38.0 Å². The molecule has 26 heavy (non-hydrogen) atoms. The zero-order chi connectivity index (χ0) is 19.0. The minimum Gasteiger partial charge on any atom is -0.384 e. The number of aromatic nitrogens is 2. The van der Waals surface area contributed by atoms with Gasteiger partial charge in [0.2, 0.25) is 21.1 Å². The normalized spacial score (nSPS) is 11.5. The molecule has 0 atom stereocenters. The van der Waals surface area contributed by atoms with Gasteiger partial charge in [0.1, 0.15) is 0 Å². The lowest BCUT2D eigenvalue weighted by Gasteiger charge is -2.06. The van der Waals surface area contributed by atoms with Crippen molar-refractivity contribution in [2.45, 2.75) is 15.7 Å². The molecule has 1 aromatic heterocycles. The van der Waals surface area contributed by atoms with Gasteiger partial charge in [-0.3, -0.25) is 4.79 Å². The standard InChI is InChI=1S/C14H17BrN4O4S3/c1-23-8-9-24-14-19-18-13(25-14)17-12(20)6-7-16-26(21,22)11-4-2-10(15)3-5-11/h2-5,16H,6-9H2,1H3,(H,17,18,20). The molecule has 142 valence electrons. The summed E-state index contributed by atoms with van der Waals surface area (Å²) in [5.41, 5.74) is 0. The van der Waals surface area contributed by atoms with Crippen LogP contribution in [0.3, 0.4) is 0 Å². The van der Waals surface area contributed by atoms with Crippen LogP contribution in [0.5, 0.6) is 0 Å². The van der Waals surface area contributed by atoms with Crippen molar-refractivity contribution in [1.29, 1.82) is 0 Å². The Bertz CT molecular complexity index is 827. The second-order valence-electron chi connectivity index (χ2n) is 4.86. The van der Waals surface area contributed by atoms with Gasteiger partial charge in [0.05, 0.1) is 11.5 Å². The molecule has 8 nitrogen and oxygen atoms in total. The van der Waals surface area contributed by atoms with Crippen LogP contribution in [0.2, 0.25) is 0 Å². The van der Waals surface area contributed by atoms with Crippen molar-refractivity contribution < 1.29 is 17.9 Å². The summed E-state index contributed by atoms with van der Waals surface area (Å²) in [6.07, 6.45) is -0.0124. The number of amides is 1. The number of thioether (sulfide) groups is 1. The minimum atomic E-state index is -3.65. The Kier molecular flexibility index (Phi) is 8.44. The van der Waals surface area contributed by atoms with Crippen LogP contribution in [0.1, 0.15) is 6.42 Å². The van der Waals surface area contributed by atoms with Gasteiger partial charge in [-0.2, -0.15) is 0 Å². The van der Waals surface area contributed by atoms with Crippen molar-refractivity contribution in [2.75, 3.05) is 31.3 Å². The SMILES string of the molecule is COCCSc1nnc(NC(=O)CCNS(=O)(=O)c2ccc(Br)cc2)s1. The zero-order valence-electron chi connectivity index (χ0n) is 13.8. The first-order chi connectivity index (χ1) is 12.4. The van der Waals surface area contributed by atoms with E-state index in [1.54, 1.807) is 19.2 Å². The summed E-state index contributed by atoms with van der Waals surface area (Å²) in [5, 5.41) is 10.8. The molecular formula is C14H17BrN4O4S3. The van der Waals surface area contributed by atoms with Gasteiger partial charge in [0.25, 0.3) is 0 Å². The number of benzene rings is 1. The van der Waals surface area contributed by atoms with Crippen LogP contribution in [0.25, 0.3) is 0 Å². The summed E-state index contributed by atoms with van der Waals surface area (Å²) in [5.74, 6) is 0.407. The molecule has 0 unspecified atom stereocenters. The number of rotatable bonds is 10. The van der Waals surface area contributed by atoms with Crippen LogP contribution in [0, 0.1) is 0 Å². The molecule has 0 aliphatic rings. The third kappa shape index (κ3) is 6.93. The largest absolute Gasteiger partial charge is 0.384 e. The molecule has 0 saturated heterocycles. The first kappa shape index (κ1) is 21.3. The van der Waals surface area contributed by atoms with E-state index in [4.69, 9.17) is 4.74 Å². The number of carbonyl (C=O) groups is 1.